The second-order valence-corrected chi connectivity index (χ2v) is 9.99. The number of anilines is 1. The molecule has 2 aromatic rings. The summed E-state index contributed by atoms with van der Waals surface area (Å²) in [6, 6.07) is 19.6. The van der Waals surface area contributed by atoms with E-state index >= 15 is 0 Å². The fraction of sp³-hybridized carbons (Fsp3) is 0.556. The van der Waals surface area contributed by atoms with Gasteiger partial charge in [-0.25, -0.2) is 0 Å². The number of nitrogens with zero attached hydrogens (tertiary/aromatic N) is 4. The van der Waals surface area contributed by atoms with Crippen molar-refractivity contribution in [3.8, 4) is 0 Å². The van der Waals surface area contributed by atoms with Crippen LogP contribution in [0.5, 0.6) is 0 Å². The third-order valence-electron chi connectivity index (χ3n) is 7.33. The SMILES string of the molecule is OC1(CN2CCN(c3ccccc3)CC2)CCN(Cc2cccc(CN3CCOCC3)c2)C1. The van der Waals surface area contributed by atoms with Crippen LogP contribution in [0, 0.1) is 0 Å². The Bertz CT molecular complexity index is 881. The molecule has 0 aromatic heterocycles. The third kappa shape index (κ3) is 6.14. The average molecular weight is 451 g/mol. The minimum absolute atomic E-state index is 0.597. The fourth-order valence-corrected chi connectivity index (χ4v) is 5.53. The number of benzene rings is 2. The van der Waals surface area contributed by atoms with Gasteiger partial charge in [0, 0.05) is 77.7 Å². The molecule has 3 aliphatic rings. The summed E-state index contributed by atoms with van der Waals surface area (Å²) in [6.07, 6.45) is 0.860. The van der Waals surface area contributed by atoms with Crippen LogP contribution >= 0.6 is 0 Å². The van der Waals surface area contributed by atoms with E-state index in [9.17, 15) is 5.11 Å². The molecule has 5 rings (SSSR count). The first kappa shape index (κ1) is 22.8. The lowest BCUT2D eigenvalue weighted by atomic mass is 10.0. The molecule has 3 aliphatic heterocycles. The first-order valence-electron chi connectivity index (χ1n) is 12.5. The van der Waals surface area contributed by atoms with Gasteiger partial charge in [-0.1, -0.05) is 42.5 Å². The minimum atomic E-state index is -0.597. The van der Waals surface area contributed by atoms with Gasteiger partial charge < -0.3 is 14.7 Å². The van der Waals surface area contributed by atoms with Crippen molar-refractivity contribution in [3.63, 3.8) is 0 Å². The number of aliphatic hydroxyl groups is 1. The van der Waals surface area contributed by atoms with Gasteiger partial charge in [0.25, 0.3) is 0 Å². The zero-order valence-electron chi connectivity index (χ0n) is 19.7. The summed E-state index contributed by atoms with van der Waals surface area (Å²) in [5, 5.41) is 11.3. The van der Waals surface area contributed by atoms with E-state index < -0.39 is 5.60 Å². The predicted molar refractivity (Wildman–Crippen MR) is 132 cm³/mol. The van der Waals surface area contributed by atoms with Gasteiger partial charge >= 0.3 is 0 Å². The number of rotatable bonds is 7. The van der Waals surface area contributed by atoms with E-state index in [0.717, 1.165) is 91.6 Å². The molecule has 0 spiro atoms. The Balaban J connectivity index is 1.10. The van der Waals surface area contributed by atoms with Gasteiger partial charge in [-0.15, -0.1) is 0 Å². The molecule has 1 unspecified atom stereocenters. The van der Waals surface area contributed by atoms with Gasteiger partial charge in [-0.05, 0) is 29.7 Å². The average Bonchev–Trinajstić information content (AvgIpc) is 3.21. The molecule has 6 heteroatoms. The van der Waals surface area contributed by atoms with Crippen molar-refractivity contribution in [1.82, 2.24) is 14.7 Å². The fourth-order valence-electron chi connectivity index (χ4n) is 5.53. The zero-order valence-corrected chi connectivity index (χ0v) is 19.7. The standard InChI is InChI=1S/C27H38N4O2/c32-27(22-29-11-13-31(14-12-29)26-7-2-1-3-8-26)9-10-30(23-27)21-25-6-4-5-24(19-25)20-28-15-17-33-18-16-28/h1-8,19,32H,9-18,20-23H2. The second-order valence-electron chi connectivity index (χ2n) is 9.99. The maximum Gasteiger partial charge on any atom is 0.0912 e. The van der Waals surface area contributed by atoms with E-state index in [0.29, 0.717) is 0 Å². The highest BCUT2D eigenvalue weighted by Gasteiger charge is 2.38. The molecule has 0 saturated carbocycles. The van der Waals surface area contributed by atoms with E-state index in [1.807, 2.05) is 0 Å². The Morgan fingerprint density at radius 2 is 1.42 bits per heavy atom. The van der Waals surface area contributed by atoms with Gasteiger partial charge in [-0.3, -0.25) is 14.7 Å². The molecule has 3 heterocycles. The Kier molecular flexibility index (Phi) is 7.28. The van der Waals surface area contributed by atoms with Crippen LogP contribution in [0.1, 0.15) is 17.5 Å². The smallest absolute Gasteiger partial charge is 0.0912 e. The lowest BCUT2D eigenvalue weighted by Crippen LogP contribution is -2.52. The van der Waals surface area contributed by atoms with Crippen LogP contribution in [0.2, 0.25) is 0 Å². The van der Waals surface area contributed by atoms with Gasteiger partial charge in [-0.2, -0.15) is 0 Å². The van der Waals surface area contributed by atoms with Gasteiger partial charge in [0.15, 0.2) is 0 Å². The lowest BCUT2D eigenvalue weighted by molar-refractivity contribution is 0.00978. The molecule has 3 saturated heterocycles. The van der Waals surface area contributed by atoms with Crippen LogP contribution in [0.15, 0.2) is 54.6 Å². The number of likely N-dealkylation sites (tertiary alicyclic amines) is 1. The summed E-state index contributed by atoms with van der Waals surface area (Å²) in [5.74, 6) is 0. The van der Waals surface area contributed by atoms with E-state index in [2.05, 4.69) is 74.2 Å². The molecule has 0 amide bonds. The summed E-state index contributed by atoms with van der Waals surface area (Å²) in [5.41, 5.74) is 3.43. The van der Waals surface area contributed by atoms with Crippen molar-refractivity contribution in [2.75, 3.05) is 77.0 Å². The molecule has 1 N–H and O–H groups in total. The molecule has 33 heavy (non-hydrogen) atoms. The molecular formula is C27H38N4O2. The van der Waals surface area contributed by atoms with E-state index in [-0.39, 0.29) is 0 Å². The normalized spacial score (nSPS) is 25.5. The first-order valence-corrected chi connectivity index (χ1v) is 12.5. The first-order chi connectivity index (χ1) is 16.2. The highest BCUT2D eigenvalue weighted by Crippen LogP contribution is 2.25. The van der Waals surface area contributed by atoms with Gasteiger partial charge in [0.1, 0.15) is 0 Å². The lowest BCUT2D eigenvalue weighted by Gasteiger charge is -2.39. The maximum absolute atomic E-state index is 11.3. The van der Waals surface area contributed by atoms with Gasteiger partial charge in [0.2, 0.25) is 0 Å². The van der Waals surface area contributed by atoms with Crippen LogP contribution in [0.25, 0.3) is 0 Å². The summed E-state index contributed by atoms with van der Waals surface area (Å²) in [7, 11) is 0. The molecule has 178 valence electrons. The van der Waals surface area contributed by atoms with Crippen LogP contribution in [-0.2, 0) is 17.8 Å². The molecule has 1 atom stereocenters. The summed E-state index contributed by atoms with van der Waals surface area (Å²) in [4.78, 5) is 9.79. The molecule has 0 aliphatic carbocycles. The Hall–Kier alpha value is -1.96. The monoisotopic (exact) mass is 450 g/mol. The third-order valence-corrected chi connectivity index (χ3v) is 7.33. The molecular weight excluding hydrogens is 412 g/mol. The highest BCUT2D eigenvalue weighted by molar-refractivity contribution is 5.46. The van der Waals surface area contributed by atoms with Crippen LogP contribution in [0.3, 0.4) is 0 Å². The second kappa shape index (κ2) is 10.5. The van der Waals surface area contributed by atoms with E-state index in [4.69, 9.17) is 4.74 Å². The van der Waals surface area contributed by atoms with Crippen LogP contribution in [0.4, 0.5) is 5.69 Å². The van der Waals surface area contributed by atoms with Crippen molar-refractivity contribution in [2.24, 2.45) is 0 Å². The van der Waals surface area contributed by atoms with Crippen molar-refractivity contribution < 1.29 is 9.84 Å². The van der Waals surface area contributed by atoms with E-state index in [1.54, 1.807) is 0 Å². The quantitative estimate of drug-likeness (QED) is 0.698. The van der Waals surface area contributed by atoms with Gasteiger partial charge in [0.05, 0.1) is 18.8 Å². The number of ether oxygens (including phenoxy) is 1. The number of hydrogen-bond donors (Lipinski definition) is 1. The summed E-state index contributed by atoms with van der Waals surface area (Å²) >= 11 is 0. The van der Waals surface area contributed by atoms with Crippen molar-refractivity contribution >= 4 is 5.69 Å². The van der Waals surface area contributed by atoms with Crippen LogP contribution < -0.4 is 4.90 Å². The van der Waals surface area contributed by atoms with E-state index in [1.165, 1.54) is 16.8 Å². The molecule has 3 fully saturated rings. The Labute approximate surface area is 198 Å². The predicted octanol–water partition coefficient (Wildman–Crippen LogP) is 2.28. The summed E-state index contributed by atoms with van der Waals surface area (Å²) in [6.45, 7) is 12.2. The topological polar surface area (TPSA) is 42.4 Å². The Morgan fingerprint density at radius 1 is 0.727 bits per heavy atom. The number of piperazine rings is 1. The number of morpholine rings is 1. The highest BCUT2D eigenvalue weighted by atomic mass is 16.5. The molecule has 2 aromatic carbocycles. The zero-order chi connectivity index (χ0) is 22.5. The largest absolute Gasteiger partial charge is 0.387 e. The molecule has 6 nitrogen and oxygen atoms in total. The van der Waals surface area contributed by atoms with Crippen molar-refractivity contribution in [3.05, 3.63) is 65.7 Å². The number of hydrogen-bond acceptors (Lipinski definition) is 6. The summed E-state index contributed by atoms with van der Waals surface area (Å²) < 4.78 is 5.47. The van der Waals surface area contributed by atoms with Crippen molar-refractivity contribution in [2.45, 2.75) is 25.1 Å². The maximum atomic E-state index is 11.3. The molecule has 0 bridgehead atoms. The van der Waals surface area contributed by atoms with Crippen molar-refractivity contribution in [1.29, 1.82) is 0 Å². The Morgan fingerprint density at radius 3 is 2.15 bits per heavy atom. The minimum Gasteiger partial charge on any atom is -0.387 e. The van der Waals surface area contributed by atoms with Crippen LogP contribution in [-0.4, -0.2) is 97.5 Å². The number of β-amino-alcohol motifs (C(OH)–C–C–N with tert-alkyl or cyclic N) is 1. The number of para-hydroxylation sites is 1. The molecule has 0 radical (unpaired) electrons.